The highest BCUT2D eigenvalue weighted by atomic mass is 79.9. The first kappa shape index (κ1) is 8.84. The van der Waals surface area contributed by atoms with Crippen molar-refractivity contribution >= 4 is 43.0 Å². The fourth-order valence-corrected chi connectivity index (χ4v) is 2.68. The Kier molecular flexibility index (Phi) is 2.17. The lowest BCUT2D eigenvalue weighted by Gasteiger charge is -1.96. The molecule has 1 aromatic carbocycles. The van der Waals surface area contributed by atoms with Crippen LogP contribution < -0.4 is 5.73 Å². The summed E-state index contributed by atoms with van der Waals surface area (Å²) in [4.78, 5) is 1.19. The zero-order valence-electron chi connectivity index (χ0n) is 6.75. The molecule has 0 aliphatic carbocycles. The van der Waals surface area contributed by atoms with Crippen molar-refractivity contribution in [3.05, 3.63) is 23.1 Å². The molecule has 0 radical (unpaired) electrons. The molecule has 0 fully saturated rings. The van der Waals surface area contributed by atoms with Gasteiger partial charge >= 0.3 is 0 Å². The molecular weight excluding hydrogens is 250 g/mol. The highest BCUT2D eigenvalue weighted by Gasteiger charge is 2.05. The van der Waals surface area contributed by atoms with E-state index in [1.54, 1.807) is 17.4 Å². The summed E-state index contributed by atoms with van der Waals surface area (Å²) < 4.78 is 0.906. The van der Waals surface area contributed by atoms with E-state index >= 15 is 0 Å². The molecule has 0 aliphatic heterocycles. The molecule has 2 aromatic rings. The Morgan fingerprint density at radius 1 is 1.38 bits per heavy atom. The van der Waals surface area contributed by atoms with Gasteiger partial charge in [0.15, 0.2) is 0 Å². The van der Waals surface area contributed by atoms with E-state index in [9.17, 15) is 5.11 Å². The predicted molar refractivity (Wildman–Crippen MR) is 60.5 cm³/mol. The van der Waals surface area contributed by atoms with Gasteiger partial charge in [-0.05, 0) is 17.5 Å². The van der Waals surface area contributed by atoms with Crippen molar-refractivity contribution < 1.29 is 5.11 Å². The second kappa shape index (κ2) is 3.20. The molecule has 0 unspecified atom stereocenters. The minimum atomic E-state index is 0.271. The number of nitrogens with two attached hydrogens (primary N) is 1. The molecule has 0 bridgehead atoms. The molecule has 0 saturated heterocycles. The Labute approximate surface area is 88.1 Å². The summed E-state index contributed by atoms with van der Waals surface area (Å²) in [5, 5.41) is 11.4. The van der Waals surface area contributed by atoms with Crippen LogP contribution in [0.15, 0.2) is 18.2 Å². The van der Waals surface area contributed by atoms with E-state index in [-0.39, 0.29) is 5.75 Å². The number of alkyl halides is 1. The standard InChI is InChI=1S/C9H8BrNOS/c10-4-7-2-5-1-6(11)3-8(12)9(5)13-7/h1-3,12H,4,11H2. The van der Waals surface area contributed by atoms with Gasteiger partial charge in [-0.1, -0.05) is 15.9 Å². The Morgan fingerprint density at radius 2 is 2.15 bits per heavy atom. The molecule has 68 valence electrons. The number of nitrogen functional groups attached to an aromatic ring is 1. The third-order valence-corrected chi connectivity index (χ3v) is 3.95. The molecule has 3 N–H and O–H groups in total. The average molecular weight is 258 g/mol. The van der Waals surface area contributed by atoms with Crippen LogP contribution in [-0.2, 0) is 5.33 Å². The van der Waals surface area contributed by atoms with Crippen molar-refractivity contribution in [2.45, 2.75) is 5.33 Å². The zero-order valence-corrected chi connectivity index (χ0v) is 9.15. The van der Waals surface area contributed by atoms with Gasteiger partial charge in [-0.25, -0.2) is 0 Å². The molecule has 0 aliphatic rings. The van der Waals surface area contributed by atoms with Gasteiger partial charge in [-0.2, -0.15) is 0 Å². The van der Waals surface area contributed by atoms with Crippen molar-refractivity contribution in [3.8, 4) is 5.75 Å². The number of thiophene rings is 1. The summed E-state index contributed by atoms with van der Waals surface area (Å²) in [5.74, 6) is 0.271. The van der Waals surface area contributed by atoms with Crippen molar-refractivity contribution in [2.75, 3.05) is 5.73 Å². The van der Waals surface area contributed by atoms with Crippen LogP contribution in [0.25, 0.3) is 10.1 Å². The molecular formula is C9H8BrNOS. The smallest absolute Gasteiger partial charge is 0.135 e. The van der Waals surface area contributed by atoms with Crippen molar-refractivity contribution in [1.82, 2.24) is 0 Å². The number of phenolic OH excluding ortho intramolecular Hbond substituents is 1. The molecule has 2 nitrogen and oxygen atoms in total. The first-order valence-electron chi connectivity index (χ1n) is 3.77. The number of benzene rings is 1. The second-order valence-corrected chi connectivity index (χ2v) is 4.50. The van der Waals surface area contributed by atoms with E-state index in [0.717, 1.165) is 15.4 Å². The summed E-state index contributed by atoms with van der Waals surface area (Å²) in [6.45, 7) is 0. The molecule has 0 atom stereocenters. The van der Waals surface area contributed by atoms with Gasteiger partial charge in [0.25, 0.3) is 0 Å². The van der Waals surface area contributed by atoms with Crippen LogP contribution in [0.3, 0.4) is 0 Å². The maximum absolute atomic E-state index is 9.58. The number of aromatic hydroxyl groups is 1. The number of hydrogen-bond donors (Lipinski definition) is 2. The number of halogens is 1. The monoisotopic (exact) mass is 257 g/mol. The van der Waals surface area contributed by atoms with Crippen LogP contribution in [0.4, 0.5) is 5.69 Å². The summed E-state index contributed by atoms with van der Waals surface area (Å²) in [7, 11) is 0. The average Bonchev–Trinajstić information content (AvgIpc) is 2.47. The van der Waals surface area contributed by atoms with E-state index in [2.05, 4.69) is 15.9 Å². The highest BCUT2D eigenvalue weighted by Crippen LogP contribution is 2.35. The lowest BCUT2D eigenvalue weighted by Crippen LogP contribution is -1.82. The highest BCUT2D eigenvalue weighted by molar-refractivity contribution is 9.08. The first-order chi connectivity index (χ1) is 6.20. The largest absolute Gasteiger partial charge is 0.506 e. The Morgan fingerprint density at radius 3 is 2.85 bits per heavy atom. The zero-order chi connectivity index (χ0) is 9.42. The van der Waals surface area contributed by atoms with Gasteiger partial charge in [-0.15, -0.1) is 11.3 Å². The van der Waals surface area contributed by atoms with Crippen LogP contribution in [0.5, 0.6) is 5.75 Å². The number of hydrogen-bond acceptors (Lipinski definition) is 3. The SMILES string of the molecule is Nc1cc(O)c2sc(CBr)cc2c1. The lowest BCUT2D eigenvalue weighted by atomic mass is 10.2. The predicted octanol–water partition coefficient (Wildman–Crippen LogP) is 3.08. The van der Waals surface area contributed by atoms with Gasteiger partial charge in [0.2, 0.25) is 0 Å². The molecule has 1 heterocycles. The fourth-order valence-electron chi connectivity index (χ4n) is 1.28. The van der Waals surface area contributed by atoms with E-state index in [0.29, 0.717) is 5.69 Å². The quantitative estimate of drug-likeness (QED) is 0.610. The lowest BCUT2D eigenvalue weighted by molar-refractivity contribution is 0.483. The second-order valence-electron chi connectivity index (χ2n) is 2.80. The van der Waals surface area contributed by atoms with Crippen LogP contribution in [0, 0.1) is 0 Å². The van der Waals surface area contributed by atoms with E-state index in [1.165, 1.54) is 4.88 Å². The minimum Gasteiger partial charge on any atom is -0.506 e. The van der Waals surface area contributed by atoms with E-state index in [4.69, 9.17) is 5.73 Å². The van der Waals surface area contributed by atoms with E-state index in [1.807, 2.05) is 12.1 Å². The van der Waals surface area contributed by atoms with Crippen LogP contribution in [0.1, 0.15) is 4.88 Å². The minimum absolute atomic E-state index is 0.271. The van der Waals surface area contributed by atoms with Crippen LogP contribution >= 0.6 is 27.3 Å². The first-order valence-corrected chi connectivity index (χ1v) is 5.71. The number of fused-ring (bicyclic) bond motifs is 1. The molecule has 0 saturated carbocycles. The maximum atomic E-state index is 9.58. The maximum Gasteiger partial charge on any atom is 0.135 e. The normalized spacial score (nSPS) is 10.8. The van der Waals surface area contributed by atoms with E-state index < -0.39 is 0 Å². The summed E-state index contributed by atoms with van der Waals surface area (Å²) in [6, 6.07) is 5.49. The fraction of sp³-hybridized carbons (Fsp3) is 0.111. The molecule has 0 spiro atoms. The van der Waals surface area contributed by atoms with Crippen molar-refractivity contribution in [2.24, 2.45) is 0 Å². The van der Waals surface area contributed by atoms with Gasteiger partial charge < -0.3 is 10.8 Å². The van der Waals surface area contributed by atoms with Gasteiger partial charge in [-0.3, -0.25) is 0 Å². The molecule has 1 aromatic heterocycles. The number of anilines is 1. The summed E-state index contributed by atoms with van der Waals surface area (Å²) >= 11 is 4.96. The summed E-state index contributed by atoms with van der Waals surface area (Å²) in [6.07, 6.45) is 0. The Balaban J connectivity index is 2.75. The molecule has 2 rings (SSSR count). The molecule has 4 heteroatoms. The van der Waals surface area contributed by atoms with Crippen LogP contribution in [-0.4, -0.2) is 5.11 Å². The van der Waals surface area contributed by atoms with Crippen molar-refractivity contribution in [1.29, 1.82) is 0 Å². The van der Waals surface area contributed by atoms with Crippen LogP contribution in [0.2, 0.25) is 0 Å². The number of phenols is 1. The Hall–Kier alpha value is -0.740. The third kappa shape index (κ3) is 1.51. The van der Waals surface area contributed by atoms with Gasteiger partial charge in [0.05, 0.1) is 4.70 Å². The van der Waals surface area contributed by atoms with Crippen molar-refractivity contribution in [3.63, 3.8) is 0 Å². The summed E-state index contributed by atoms with van der Waals surface area (Å²) in [5.41, 5.74) is 6.21. The van der Waals surface area contributed by atoms with Gasteiger partial charge in [0.1, 0.15) is 5.75 Å². The molecule has 13 heavy (non-hydrogen) atoms. The Bertz CT molecular complexity index is 452. The van der Waals surface area contributed by atoms with Gasteiger partial charge in [0, 0.05) is 22.0 Å². The number of rotatable bonds is 1. The molecule has 0 amide bonds. The third-order valence-electron chi connectivity index (χ3n) is 1.80. The topological polar surface area (TPSA) is 46.2 Å².